The number of hydrogen-bond donors (Lipinski definition) is 1. The fourth-order valence-electron chi connectivity index (χ4n) is 3.18. The lowest BCUT2D eigenvalue weighted by Gasteiger charge is -2.43. The van der Waals surface area contributed by atoms with Crippen molar-refractivity contribution >= 4 is 11.8 Å². The average Bonchev–Trinajstić information content (AvgIpc) is 2.34. The first-order chi connectivity index (χ1) is 8.49. The molecule has 0 bridgehead atoms. The summed E-state index contributed by atoms with van der Waals surface area (Å²) >= 11 is 0. The molecule has 0 aromatic rings. The fraction of sp³-hybridized carbons (Fsp3) is 0.857. The zero-order chi connectivity index (χ0) is 13.3. The molecule has 2 aliphatic rings. The van der Waals surface area contributed by atoms with Crippen molar-refractivity contribution in [3.05, 3.63) is 0 Å². The second kappa shape index (κ2) is 5.29. The molecular formula is C14H24N2O2. The van der Waals surface area contributed by atoms with Gasteiger partial charge in [0.2, 0.25) is 11.8 Å². The SMILES string of the molecule is CC1CC(C)C(C)N(C(=O)C2CCC(=O)NC2)C1. The van der Waals surface area contributed by atoms with Gasteiger partial charge in [-0.25, -0.2) is 0 Å². The second-order valence-electron chi connectivity index (χ2n) is 6.09. The molecule has 2 saturated heterocycles. The van der Waals surface area contributed by atoms with E-state index >= 15 is 0 Å². The number of piperidine rings is 2. The Kier molecular flexibility index (Phi) is 3.93. The number of nitrogens with zero attached hydrogens (tertiary/aromatic N) is 1. The van der Waals surface area contributed by atoms with Gasteiger partial charge in [-0.2, -0.15) is 0 Å². The van der Waals surface area contributed by atoms with Gasteiger partial charge in [-0.05, 0) is 31.6 Å². The van der Waals surface area contributed by atoms with Crippen molar-refractivity contribution in [2.75, 3.05) is 13.1 Å². The molecule has 4 heteroatoms. The molecule has 2 amide bonds. The van der Waals surface area contributed by atoms with Gasteiger partial charge in [0, 0.05) is 25.6 Å². The molecule has 0 aromatic carbocycles. The van der Waals surface area contributed by atoms with E-state index in [1.54, 1.807) is 0 Å². The molecule has 0 saturated carbocycles. The standard InChI is InChI=1S/C14H24N2O2/c1-9-6-10(2)11(3)16(8-9)14(18)12-4-5-13(17)15-7-12/h9-12H,4-8H2,1-3H3,(H,15,17). The Balaban J connectivity index is 2.01. The molecule has 2 aliphatic heterocycles. The number of carbonyl (C=O) groups excluding carboxylic acids is 2. The maximum absolute atomic E-state index is 12.5. The molecule has 4 unspecified atom stereocenters. The maximum atomic E-state index is 12.5. The predicted molar refractivity (Wildman–Crippen MR) is 69.9 cm³/mol. The molecule has 2 fully saturated rings. The number of likely N-dealkylation sites (tertiary alicyclic amines) is 1. The third-order valence-electron chi connectivity index (χ3n) is 4.50. The van der Waals surface area contributed by atoms with E-state index in [1.165, 1.54) is 6.42 Å². The van der Waals surface area contributed by atoms with Crippen molar-refractivity contribution in [3.8, 4) is 0 Å². The maximum Gasteiger partial charge on any atom is 0.227 e. The largest absolute Gasteiger partial charge is 0.355 e. The third kappa shape index (κ3) is 2.68. The van der Waals surface area contributed by atoms with Crippen LogP contribution in [0.2, 0.25) is 0 Å². The summed E-state index contributed by atoms with van der Waals surface area (Å²) in [4.78, 5) is 25.7. The first kappa shape index (κ1) is 13.4. The monoisotopic (exact) mass is 252 g/mol. The first-order valence-electron chi connectivity index (χ1n) is 7.06. The van der Waals surface area contributed by atoms with Crippen molar-refractivity contribution in [1.29, 1.82) is 0 Å². The third-order valence-corrected chi connectivity index (χ3v) is 4.50. The molecule has 18 heavy (non-hydrogen) atoms. The summed E-state index contributed by atoms with van der Waals surface area (Å²) in [5, 5.41) is 2.80. The van der Waals surface area contributed by atoms with E-state index in [-0.39, 0.29) is 17.7 Å². The molecule has 2 rings (SSSR count). The quantitative estimate of drug-likeness (QED) is 0.767. The molecule has 0 radical (unpaired) electrons. The Morgan fingerprint density at radius 1 is 1.33 bits per heavy atom. The highest BCUT2D eigenvalue weighted by Crippen LogP contribution is 2.29. The van der Waals surface area contributed by atoms with Crippen molar-refractivity contribution < 1.29 is 9.59 Å². The summed E-state index contributed by atoms with van der Waals surface area (Å²) in [6, 6.07) is 0.325. The van der Waals surface area contributed by atoms with Gasteiger partial charge in [-0.15, -0.1) is 0 Å². The summed E-state index contributed by atoms with van der Waals surface area (Å²) in [6.45, 7) is 7.98. The van der Waals surface area contributed by atoms with E-state index in [0.717, 1.165) is 6.54 Å². The van der Waals surface area contributed by atoms with E-state index in [4.69, 9.17) is 0 Å². The molecule has 1 N–H and O–H groups in total. The molecule has 0 aliphatic carbocycles. The Bertz CT molecular complexity index is 333. The van der Waals surface area contributed by atoms with E-state index in [9.17, 15) is 9.59 Å². The Hall–Kier alpha value is -1.06. The molecule has 2 heterocycles. The number of rotatable bonds is 1. The van der Waals surface area contributed by atoms with Gasteiger partial charge in [0.25, 0.3) is 0 Å². The van der Waals surface area contributed by atoms with Gasteiger partial charge >= 0.3 is 0 Å². The van der Waals surface area contributed by atoms with Crippen LogP contribution in [0.4, 0.5) is 0 Å². The van der Waals surface area contributed by atoms with Gasteiger partial charge in [0.1, 0.15) is 0 Å². The Morgan fingerprint density at radius 2 is 2.06 bits per heavy atom. The summed E-state index contributed by atoms with van der Waals surface area (Å²) in [5.41, 5.74) is 0. The topological polar surface area (TPSA) is 49.4 Å². The van der Waals surface area contributed by atoms with Crippen molar-refractivity contribution in [2.24, 2.45) is 17.8 Å². The first-order valence-corrected chi connectivity index (χ1v) is 7.06. The minimum Gasteiger partial charge on any atom is -0.355 e. The van der Waals surface area contributed by atoms with Crippen LogP contribution >= 0.6 is 0 Å². The molecule has 0 aromatic heterocycles. The van der Waals surface area contributed by atoms with Crippen LogP contribution in [0.15, 0.2) is 0 Å². The van der Waals surface area contributed by atoms with E-state index < -0.39 is 0 Å². The van der Waals surface area contributed by atoms with Crippen molar-refractivity contribution in [1.82, 2.24) is 10.2 Å². The van der Waals surface area contributed by atoms with E-state index in [1.807, 2.05) is 4.90 Å². The van der Waals surface area contributed by atoms with Gasteiger partial charge in [-0.3, -0.25) is 9.59 Å². The van der Waals surface area contributed by atoms with Crippen LogP contribution < -0.4 is 5.32 Å². The minimum absolute atomic E-state index is 0.0114. The molecular weight excluding hydrogens is 228 g/mol. The molecule has 4 nitrogen and oxygen atoms in total. The van der Waals surface area contributed by atoms with Crippen LogP contribution in [0.25, 0.3) is 0 Å². The predicted octanol–water partition coefficient (Wildman–Crippen LogP) is 1.41. The van der Waals surface area contributed by atoms with Gasteiger partial charge in [0.15, 0.2) is 0 Å². The molecule has 0 spiro atoms. The summed E-state index contributed by atoms with van der Waals surface area (Å²) in [6.07, 6.45) is 2.40. The lowest BCUT2D eigenvalue weighted by Crippen LogP contribution is -2.53. The second-order valence-corrected chi connectivity index (χ2v) is 6.09. The fourth-order valence-corrected chi connectivity index (χ4v) is 3.18. The highest BCUT2D eigenvalue weighted by atomic mass is 16.2. The molecule has 102 valence electrons. The van der Waals surface area contributed by atoms with Gasteiger partial charge < -0.3 is 10.2 Å². The van der Waals surface area contributed by atoms with Gasteiger partial charge in [0.05, 0.1) is 5.92 Å². The smallest absolute Gasteiger partial charge is 0.227 e. The van der Waals surface area contributed by atoms with Crippen LogP contribution in [0.1, 0.15) is 40.0 Å². The average molecular weight is 252 g/mol. The van der Waals surface area contributed by atoms with Crippen LogP contribution in [-0.4, -0.2) is 35.8 Å². The highest BCUT2D eigenvalue weighted by Gasteiger charge is 2.36. The highest BCUT2D eigenvalue weighted by molar-refractivity contribution is 5.84. The minimum atomic E-state index is -0.0114. The number of carbonyl (C=O) groups is 2. The lowest BCUT2D eigenvalue weighted by molar-refractivity contribution is -0.143. The summed E-state index contributed by atoms with van der Waals surface area (Å²) < 4.78 is 0. The van der Waals surface area contributed by atoms with Crippen LogP contribution in [0, 0.1) is 17.8 Å². The van der Waals surface area contributed by atoms with Crippen LogP contribution in [0.3, 0.4) is 0 Å². The van der Waals surface area contributed by atoms with Crippen molar-refractivity contribution in [2.45, 2.75) is 46.1 Å². The molecule has 4 atom stereocenters. The Labute approximate surface area is 109 Å². The van der Waals surface area contributed by atoms with Crippen LogP contribution in [0.5, 0.6) is 0 Å². The summed E-state index contributed by atoms with van der Waals surface area (Å²) in [7, 11) is 0. The number of amides is 2. The normalized spacial score (nSPS) is 37.3. The van der Waals surface area contributed by atoms with Crippen LogP contribution in [-0.2, 0) is 9.59 Å². The number of hydrogen-bond acceptors (Lipinski definition) is 2. The van der Waals surface area contributed by atoms with E-state index in [0.29, 0.717) is 37.3 Å². The zero-order valence-electron chi connectivity index (χ0n) is 11.6. The Morgan fingerprint density at radius 3 is 2.67 bits per heavy atom. The summed E-state index contributed by atoms with van der Waals surface area (Å²) in [5.74, 6) is 1.45. The van der Waals surface area contributed by atoms with Crippen molar-refractivity contribution in [3.63, 3.8) is 0 Å². The lowest BCUT2D eigenvalue weighted by atomic mass is 9.84. The van der Waals surface area contributed by atoms with Gasteiger partial charge in [-0.1, -0.05) is 13.8 Å². The number of nitrogens with one attached hydrogen (secondary N) is 1. The van der Waals surface area contributed by atoms with E-state index in [2.05, 4.69) is 26.1 Å². The zero-order valence-corrected chi connectivity index (χ0v) is 11.6.